The Kier molecular flexibility index (Phi) is 4.68. The summed E-state index contributed by atoms with van der Waals surface area (Å²) in [5.41, 5.74) is 1.46. The van der Waals surface area contributed by atoms with Gasteiger partial charge >= 0.3 is 0 Å². The number of ether oxygens (including phenoxy) is 1. The normalized spacial score (nSPS) is 26.1. The van der Waals surface area contributed by atoms with E-state index >= 15 is 0 Å². The second kappa shape index (κ2) is 6.88. The van der Waals surface area contributed by atoms with E-state index in [9.17, 15) is 9.90 Å². The summed E-state index contributed by atoms with van der Waals surface area (Å²) in [4.78, 5) is 16.6. The standard InChI is InChI=1S/C18H21NO3/c20-17-9-14(13-5-2-1-3-6-13)10-18(21)16(17)12-19-11-15-7-4-8-22-15/h1-3,5-6,12,14-15,20H,4,7-11H2. The molecule has 1 aliphatic heterocycles. The summed E-state index contributed by atoms with van der Waals surface area (Å²) in [5, 5.41) is 10.2. The summed E-state index contributed by atoms with van der Waals surface area (Å²) in [6.07, 6.45) is 4.71. The quantitative estimate of drug-likeness (QED) is 0.869. The lowest BCUT2D eigenvalue weighted by Crippen LogP contribution is -2.19. The monoisotopic (exact) mass is 299 g/mol. The first kappa shape index (κ1) is 15.0. The molecule has 22 heavy (non-hydrogen) atoms. The fraction of sp³-hybridized carbons (Fsp3) is 0.444. The highest BCUT2D eigenvalue weighted by Gasteiger charge is 2.27. The highest BCUT2D eigenvalue weighted by Crippen LogP contribution is 2.32. The minimum absolute atomic E-state index is 0.0336. The van der Waals surface area contributed by atoms with Gasteiger partial charge in [0, 0.05) is 25.7 Å². The Morgan fingerprint density at radius 2 is 2.09 bits per heavy atom. The van der Waals surface area contributed by atoms with Crippen LogP contribution in [0.25, 0.3) is 0 Å². The summed E-state index contributed by atoms with van der Waals surface area (Å²) in [6.45, 7) is 1.36. The number of Topliss-reactive ketones (excluding diaryl/α,β-unsaturated/α-hetero) is 1. The van der Waals surface area contributed by atoms with E-state index in [4.69, 9.17) is 4.74 Å². The van der Waals surface area contributed by atoms with E-state index < -0.39 is 0 Å². The summed E-state index contributed by atoms with van der Waals surface area (Å²) in [5.74, 6) is 0.180. The van der Waals surface area contributed by atoms with Crippen LogP contribution in [0.3, 0.4) is 0 Å². The van der Waals surface area contributed by atoms with Crippen LogP contribution in [0.15, 0.2) is 46.7 Å². The van der Waals surface area contributed by atoms with E-state index in [1.807, 2.05) is 30.3 Å². The number of carbonyl (C=O) groups excluding carboxylic acids is 1. The van der Waals surface area contributed by atoms with Gasteiger partial charge in [-0.2, -0.15) is 0 Å². The summed E-state index contributed by atoms with van der Waals surface area (Å²) >= 11 is 0. The average molecular weight is 299 g/mol. The van der Waals surface area contributed by atoms with E-state index in [2.05, 4.69) is 4.99 Å². The van der Waals surface area contributed by atoms with Gasteiger partial charge in [-0.3, -0.25) is 9.79 Å². The van der Waals surface area contributed by atoms with Crippen molar-refractivity contribution in [3.8, 4) is 0 Å². The fourth-order valence-corrected chi connectivity index (χ4v) is 3.07. The van der Waals surface area contributed by atoms with E-state index in [0.717, 1.165) is 25.0 Å². The highest BCUT2D eigenvalue weighted by atomic mass is 16.5. The number of allylic oxidation sites excluding steroid dienone is 2. The first-order chi connectivity index (χ1) is 10.7. The molecule has 1 aromatic carbocycles. The molecule has 0 aromatic heterocycles. The molecule has 3 rings (SSSR count). The van der Waals surface area contributed by atoms with Gasteiger partial charge in [0.05, 0.1) is 18.2 Å². The van der Waals surface area contributed by atoms with Gasteiger partial charge < -0.3 is 9.84 Å². The van der Waals surface area contributed by atoms with Crippen molar-refractivity contribution in [2.45, 2.75) is 37.7 Å². The van der Waals surface area contributed by atoms with Gasteiger partial charge in [0.1, 0.15) is 5.76 Å². The van der Waals surface area contributed by atoms with Crippen LogP contribution < -0.4 is 0 Å². The van der Waals surface area contributed by atoms with Crippen LogP contribution in [0.2, 0.25) is 0 Å². The number of aliphatic hydroxyl groups is 1. The lowest BCUT2D eigenvalue weighted by molar-refractivity contribution is -0.116. The predicted octanol–water partition coefficient (Wildman–Crippen LogP) is 3.20. The Balaban J connectivity index is 1.67. The number of aliphatic imine (C=N–C) groups is 1. The molecule has 4 heteroatoms. The third-order valence-corrected chi connectivity index (χ3v) is 4.31. The van der Waals surface area contributed by atoms with Crippen molar-refractivity contribution >= 4 is 12.0 Å². The van der Waals surface area contributed by atoms with Crippen LogP contribution >= 0.6 is 0 Å². The smallest absolute Gasteiger partial charge is 0.168 e. The van der Waals surface area contributed by atoms with Crippen molar-refractivity contribution in [2.24, 2.45) is 4.99 Å². The number of ketones is 1. The van der Waals surface area contributed by atoms with Gasteiger partial charge in [0.2, 0.25) is 0 Å². The number of hydrogen-bond acceptors (Lipinski definition) is 4. The number of benzene rings is 1. The number of nitrogens with zero attached hydrogens (tertiary/aromatic N) is 1. The molecule has 2 atom stereocenters. The minimum atomic E-state index is -0.0336. The van der Waals surface area contributed by atoms with Gasteiger partial charge in [-0.1, -0.05) is 30.3 Å². The predicted molar refractivity (Wildman–Crippen MR) is 85.4 cm³/mol. The maximum Gasteiger partial charge on any atom is 0.168 e. The molecule has 1 aromatic rings. The molecule has 0 radical (unpaired) electrons. The number of carbonyl (C=O) groups is 1. The zero-order valence-electron chi connectivity index (χ0n) is 12.6. The second-order valence-electron chi connectivity index (χ2n) is 5.93. The number of aliphatic hydroxyl groups excluding tert-OH is 1. The van der Waals surface area contributed by atoms with Crippen LogP contribution in [0.4, 0.5) is 0 Å². The van der Waals surface area contributed by atoms with Crippen molar-refractivity contribution in [3.05, 3.63) is 47.2 Å². The van der Waals surface area contributed by atoms with Crippen molar-refractivity contribution in [3.63, 3.8) is 0 Å². The molecule has 1 heterocycles. The molecule has 1 aliphatic carbocycles. The highest BCUT2D eigenvalue weighted by molar-refractivity contribution is 6.14. The molecule has 1 N–H and O–H groups in total. The lowest BCUT2D eigenvalue weighted by Gasteiger charge is -2.22. The van der Waals surface area contributed by atoms with Crippen molar-refractivity contribution in [1.29, 1.82) is 0 Å². The van der Waals surface area contributed by atoms with Gasteiger partial charge in [-0.05, 0) is 24.3 Å². The summed E-state index contributed by atoms with van der Waals surface area (Å²) in [7, 11) is 0. The molecule has 0 saturated carbocycles. The van der Waals surface area contributed by atoms with Crippen molar-refractivity contribution in [2.75, 3.05) is 13.2 Å². The third-order valence-electron chi connectivity index (χ3n) is 4.31. The largest absolute Gasteiger partial charge is 0.511 e. The van der Waals surface area contributed by atoms with E-state index in [1.54, 1.807) is 0 Å². The molecule has 0 spiro atoms. The van der Waals surface area contributed by atoms with Gasteiger partial charge in [0.15, 0.2) is 5.78 Å². The first-order valence-electron chi connectivity index (χ1n) is 7.85. The second-order valence-corrected chi connectivity index (χ2v) is 5.93. The van der Waals surface area contributed by atoms with Crippen molar-refractivity contribution in [1.82, 2.24) is 0 Å². The number of rotatable bonds is 4. The molecule has 116 valence electrons. The average Bonchev–Trinajstić information content (AvgIpc) is 3.04. The van der Waals surface area contributed by atoms with Crippen LogP contribution in [0.5, 0.6) is 0 Å². The van der Waals surface area contributed by atoms with Gasteiger partial charge in [-0.25, -0.2) is 0 Å². The topological polar surface area (TPSA) is 58.9 Å². The maximum absolute atomic E-state index is 12.3. The molecule has 2 unspecified atom stereocenters. The number of hydrogen-bond donors (Lipinski definition) is 1. The Morgan fingerprint density at radius 1 is 1.27 bits per heavy atom. The van der Waals surface area contributed by atoms with Gasteiger partial charge in [-0.15, -0.1) is 0 Å². The third kappa shape index (κ3) is 3.45. The van der Waals surface area contributed by atoms with Crippen LogP contribution in [0, 0.1) is 0 Å². The lowest BCUT2D eigenvalue weighted by atomic mass is 9.83. The van der Waals surface area contributed by atoms with Crippen LogP contribution in [-0.4, -0.2) is 36.4 Å². The molecule has 1 saturated heterocycles. The molecular weight excluding hydrogens is 278 g/mol. The molecule has 1 fully saturated rings. The van der Waals surface area contributed by atoms with E-state index in [-0.39, 0.29) is 23.6 Å². The Labute approximate surface area is 130 Å². The zero-order chi connectivity index (χ0) is 15.4. The molecule has 2 aliphatic rings. The van der Waals surface area contributed by atoms with E-state index in [0.29, 0.717) is 25.0 Å². The molecular formula is C18H21NO3. The Bertz CT molecular complexity index is 586. The Hall–Kier alpha value is -1.94. The Morgan fingerprint density at radius 3 is 2.77 bits per heavy atom. The van der Waals surface area contributed by atoms with E-state index in [1.165, 1.54) is 6.21 Å². The summed E-state index contributed by atoms with van der Waals surface area (Å²) < 4.78 is 5.49. The first-order valence-corrected chi connectivity index (χ1v) is 7.85. The van der Waals surface area contributed by atoms with Crippen LogP contribution in [0.1, 0.15) is 37.2 Å². The van der Waals surface area contributed by atoms with Crippen LogP contribution in [-0.2, 0) is 9.53 Å². The maximum atomic E-state index is 12.3. The fourth-order valence-electron chi connectivity index (χ4n) is 3.07. The molecule has 0 bridgehead atoms. The minimum Gasteiger partial charge on any atom is -0.511 e. The van der Waals surface area contributed by atoms with Gasteiger partial charge in [0.25, 0.3) is 0 Å². The molecule has 4 nitrogen and oxygen atoms in total. The summed E-state index contributed by atoms with van der Waals surface area (Å²) in [6, 6.07) is 9.87. The molecule has 0 amide bonds. The SMILES string of the molecule is O=C1CC(c2ccccc2)CC(O)=C1C=NCC1CCCO1. The zero-order valence-corrected chi connectivity index (χ0v) is 12.6. The van der Waals surface area contributed by atoms with Crippen molar-refractivity contribution < 1.29 is 14.6 Å².